The predicted molar refractivity (Wildman–Crippen MR) is 311 cm³/mol. The van der Waals surface area contributed by atoms with Gasteiger partial charge in [-0.3, -0.25) is 0 Å². The highest BCUT2D eigenvalue weighted by Gasteiger charge is 2.43. The molecule has 0 unspecified atom stereocenters. The third-order valence-electron chi connectivity index (χ3n) is 13.4. The standard InChI is InChI=1S/C66H78O16/c1-7-35-73-37-39-75-41-43-77-45-47-79-61(49-81-65(51-15-11-9-12-16-51,53-19-27-57(69-3)28-20-53)54-21-29-58(70-4)30-22-54)63(67)64(68)62(80-48-46-78-44-42-76-40-38-74-36-8-2)50-82-66(52-17-13-10-14-18-52,55-23-31-59(71-5)32-24-55)56-25-33-60(72-6)34-26-56/h1-2,9-34,61-64,67-68H,35-50H2,3-6H3/t61-,62-,63-,64-/m1/s1. The average Bonchev–Trinajstić information content (AvgIpc) is 2.34. The summed E-state index contributed by atoms with van der Waals surface area (Å²) < 4.78 is 83.8. The van der Waals surface area contributed by atoms with E-state index in [0.29, 0.717) is 62.6 Å². The summed E-state index contributed by atoms with van der Waals surface area (Å²) in [4.78, 5) is 0. The number of rotatable bonds is 41. The lowest BCUT2D eigenvalue weighted by atomic mass is 9.79. The molecule has 6 aromatic rings. The lowest BCUT2D eigenvalue weighted by Crippen LogP contribution is -2.52. The van der Waals surface area contributed by atoms with Crippen LogP contribution < -0.4 is 18.9 Å². The van der Waals surface area contributed by atoms with Gasteiger partial charge in [-0.05, 0) is 81.9 Å². The van der Waals surface area contributed by atoms with Gasteiger partial charge in [-0.15, -0.1) is 12.8 Å². The molecule has 0 saturated heterocycles. The molecule has 0 aliphatic rings. The number of terminal acetylenes is 2. The topological polar surface area (TPSA) is 170 Å². The molecule has 0 radical (unpaired) electrons. The Hall–Kier alpha value is -6.84. The number of methoxy groups -OCH3 is 4. The number of hydrogen-bond acceptors (Lipinski definition) is 16. The van der Waals surface area contributed by atoms with Gasteiger partial charge < -0.3 is 76.5 Å². The average molecular weight is 1130 g/mol. The maximum atomic E-state index is 12.8. The van der Waals surface area contributed by atoms with Crippen LogP contribution in [0.2, 0.25) is 0 Å². The van der Waals surface area contributed by atoms with E-state index in [1.807, 2.05) is 158 Å². The first-order chi connectivity index (χ1) is 40.3. The van der Waals surface area contributed by atoms with Crippen LogP contribution in [0.15, 0.2) is 158 Å². The largest absolute Gasteiger partial charge is 0.497 e. The van der Waals surface area contributed by atoms with Gasteiger partial charge in [0.05, 0.1) is 121 Å². The molecule has 0 saturated carbocycles. The van der Waals surface area contributed by atoms with Crippen molar-refractivity contribution < 1.29 is 76.5 Å². The van der Waals surface area contributed by atoms with Crippen molar-refractivity contribution in [1.82, 2.24) is 0 Å². The highest BCUT2D eigenvalue weighted by atomic mass is 16.6. The van der Waals surface area contributed by atoms with Gasteiger partial charge in [0.2, 0.25) is 0 Å². The van der Waals surface area contributed by atoms with Gasteiger partial charge in [0.1, 0.15) is 71.8 Å². The van der Waals surface area contributed by atoms with Crippen molar-refractivity contribution in [2.75, 3.05) is 134 Å². The Kier molecular flexibility index (Phi) is 28.2. The molecule has 16 heteroatoms. The number of aliphatic hydroxyl groups is 2. The van der Waals surface area contributed by atoms with E-state index in [0.717, 1.165) is 33.4 Å². The van der Waals surface area contributed by atoms with Crippen molar-refractivity contribution in [3.05, 3.63) is 191 Å². The predicted octanol–water partition coefficient (Wildman–Crippen LogP) is 7.90. The lowest BCUT2D eigenvalue weighted by Gasteiger charge is -2.40. The number of benzene rings is 6. The Morgan fingerprint density at radius 1 is 0.341 bits per heavy atom. The molecule has 0 aliphatic heterocycles. The second kappa shape index (κ2) is 35.9. The van der Waals surface area contributed by atoms with Crippen molar-refractivity contribution in [2.45, 2.75) is 35.6 Å². The summed E-state index contributed by atoms with van der Waals surface area (Å²) >= 11 is 0. The van der Waals surface area contributed by atoms with E-state index in [1.165, 1.54) is 0 Å². The van der Waals surface area contributed by atoms with E-state index in [4.69, 9.17) is 79.2 Å². The minimum absolute atomic E-state index is 0.00742. The van der Waals surface area contributed by atoms with Crippen molar-refractivity contribution in [1.29, 1.82) is 0 Å². The van der Waals surface area contributed by atoms with Crippen LogP contribution in [-0.4, -0.2) is 169 Å². The molecule has 438 valence electrons. The molecule has 16 nitrogen and oxygen atoms in total. The zero-order valence-electron chi connectivity index (χ0n) is 47.4. The van der Waals surface area contributed by atoms with E-state index in [9.17, 15) is 10.2 Å². The van der Waals surface area contributed by atoms with Crippen LogP contribution in [0.5, 0.6) is 23.0 Å². The number of hydrogen-bond donors (Lipinski definition) is 2. The molecular formula is C66H78O16. The Labute approximate surface area is 483 Å². The van der Waals surface area contributed by atoms with Gasteiger partial charge in [0, 0.05) is 0 Å². The molecule has 0 aliphatic carbocycles. The Morgan fingerprint density at radius 2 is 0.585 bits per heavy atom. The van der Waals surface area contributed by atoms with Crippen LogP contribution in [0.4, 0.5) is 0 Å². The second-order valence-corrected chi connectivity index (χ2v) is 18.4. The molecule has 6 aromatic carbocycles. The monoisotopic (exact) mass is 1130 g/mol. The van der Waals surface area contributed by atoms with E-state index >= 15 is 0 Å². The highest BCUT2D eigenvalue weighted by Crippen LogP contribution is 2.44. The normalized spacial score (nSPS) is 13.1. The molecule has 0 heterocycles. The molecule has 0 spiro atoms. The highest BCUT2D eigenvalue weighted by molar-refractivity contribution is 5.51. The number of ether oxygens (including phenoxy) is 14. The molecule has 6 rings (SSSR count). The molecule has 4 atom stereocenters. The fourth-order valence-corrected chi connectivity index (χ4v) is 9.15. The molecule has 0 fully saturated rings. The fraction of sp³-hybridized carbons (Fsp3) is 0.394. The molecule has 2 N–H and O–H groups in total. The Balaban J connectivity index is 1.36. The summed E-state index contributed by atoms with van der Waals surface area (Å²) in [5, 5.41) is 25.6. The maximum absolute atomic E-state index is 12.8. The van der Waals surface area contributed by atoms with Crippen molar-refractivity contribution in [3.63, 3.8) is 0 Å². The minimum Gasteiger partial charge on any atom is -0.497 e. The van der Waals surface area contributed by atoms with E-state index < -0.39 is 35.6 Å². The van der Waals surface area contributed by atoms with Gasteiger partial charge in [-0.25, -0.2) is 0 Å². The molecule has 82 heavy (non-hydrogen) atoms. The molecular weight excluding hydrogens is 1050 g/mol. The second-order valence-electron chi connectivity index (χ2n) is 18.4. The summed E-state index contributed by atoms with van der Waals surface area (Å²) in [7, 11) is 6.43. The van der Waals surface area contributed by atoms with Gasteiger partial charge in [0.15, 0.2) is 0 Å². The zero-order chi connectivity index (χ0) is 58.1. The van der Waals surface area contributed by atoms with Gasteiger partial charge in [-0.2, -0.15) is 0 Å². The third kappa shape index (κ3) is 18.6. The third-order valence-corrected chi connectivity index (χ3v) is 13.4. The van der Waals surface area contributed by atoms with Crippen LogP contribution >= 0.6 is 0 Å². The van der Waals surface area contributed by atoms with Gasteiger partial charge >= 0.3 is 0 Å². The molecule has 0 bridgehead atoms. The van der Waals surface area contributed by atoms with Crippen LogP contribution in [0.25, 0.3) is 0 Å². The van der Waals surface area contributed by atoms with Crippen LogP contribution in [0.3, 0.4) is 0 Å². The van der Waals surface area contributed by atoms with E-state index in [1.54, 1.807) is 28.4 Å². The van der Waals surface area contributed by atoms with Crippen molar-refractivity contribution in [2.24, 2.45) is 0 Å². The Morgan fingerprint density at radius 3 is 0.841 bits per heavy atom. The first-order valence-corrected chi connectivity index (χ1v) is 27.2. The fourth-order valence-electron chi connectivity index (χ4n) is 9.15. The van der Waals surface area contributed by atoms with Crippen molar-refractivity contribution >= 4 is 0 Å². The quantitative estimate of drug-likeness (QED) is 0.0216. The summed E-state index contributed by atoms with van der Waals surface area (Å²) in [6, 6.07) is 49.9. The SMILES string of the molecule is C#CCOCCOCCOCCO[C@H](COC(c1ccccc1)(c1ccc(OC)cc1)c1ccc(OC)cc1)[C@@H](O)[C@H](O)[C@@H](COC(c1ccccc1)(c1ccc(OC)cc1)c1ccc(OC)cc1)OCCOCCOCCOCC#C. The minimum atomic E-state index is -1.67. The van der Waals surface area contributed by atoms with Gasteiger partial charge in [-0.1, -0.05) is 121 Å². The molecule has 0 aromatic heterocycles. The first kappa shape index (κ1) is 64.3. The summed E-state index contributed by atoms with van der Waals surface area (Å²) in [5.74, 6) is 7.44. The van der Waals surface area contributed by atoms with Gasteiger partial charge in [0.25, 0.3) is 0 Å². The van der Waals surface area contributed by atoms with Crippen LogP contribution in [-0.2, 0) is 58.6 Å². The summed E-state index contributed by atoms with van der Waals surface area (Å²) in [6.45, 7) is 2.60. The first-order valence-electron chi connectivity index (χ1n) is 27.2. The lowest BCUT2D eigenvalue weighted by molar-refractivity contribution is -0.181. The summed E-state index contributed by atoms with van der Waals surface area (Å²) in [6.07, 6.45) is 4.80. The van der Waals surface area contributed by atoms with E-state index in [2.05, 4.69) is 11.8 Å². The maximum Gasteiger partial charge on any atom is 0.143 e. The number of aliphatic hydroxyl groups excluding tert-OH is 2. The van der Waals surface area contributed by atoms with Crippen LogP contribution in [0.1, 0.15) is 33.4 Å². The van der Waals surface area contributed by atoms with E-state index in [-0.39, 0.29) is 66.1 Å². The van der Waals surface area contributed by atoms with Crippen LogP contribution in [0, 0.1) is 24.7 Å². The summed E-state index contributed by atoms with van der Waals surface area (Å²) in [5.41, 5.74) is 1.92. The smallest absolute Gasteiger partial charge is 0.143 e. The molecule has 0 amide bonds. The Bertz CT molecular complexity index is 2440. The zero-order valence-corrected chi connectivity index (χ0v) is 47.4. The van der Waals surface area contributed by atoms with Crippen molar-refractivity contribution in [3.8, 4) is 47.7 Å².